The number of hydrogen-bond donors (Lipinski definition) is 1. The molecule has 0 unspecified atom stereocenters. The van der Waals surface area contributed by atoms with E-state index in [0.717, 1.165) is 38.4 Å². The Kier molecular flexibility index (Phi) is 4.97. The van der Waals surface area contributed by atoms with E-state index >= 15 is 0 Å². The third-order valence-electron chi connectivity index (χ3n) is 5.93. The third kappa shape index (κ3) is 3.40. The van der Waals surface area contributed by atoms with Crippen molar-refractivity contribution in [3.63, 3.8) is 0 Å². The Morgan fingerprint density at radius 1 is 1.12 bits per heavy atom. The fourth-order valence-corrected chi connectivity index (χ4v) is 4.53. The zero-order valence-corrected chi connectivity index (χ0v) is 15.1. The molecule has 1 aromatic heterocycles. The number of tetrazole rings is 1. The lowest BCUT2D eigenvalue weighted by Crippen LogP contribution is -3.15. The van der Waals surface area contributed by atoms with E-state index in [1.165, 1.54) is 31.4 Å². The monoisotopic (exact) mass is 341 g/mol. The predicted molar refractivity (Wildman–Crippen MR) is 97.7 cm³/mol. The number of aromatic nitrogens is 4. The first-order valence-corrected chi connectivity index (χ1v) is 9.79. The van der Waals surface area contributed by atoms with Gasteiger partial charge in [0.1, 0.15) is 6.04 Å². The highest BCUT2D eigenvalue weighted by Gasteiger charge is 2.33. The highest BCUT2D eigenvalue weighted by Crippen LogP contribution is 2.30. The summed E-state index contributed by atoms with van der Waals surface area (Å²) in [6.45, 7) is 6.76. The van der Waals surface area contributed by atoms with E-state index in [4.69, 9.17) is 0 Å². The van der Waals surface area contributed by atoms with E-state index in [2.05, 4.69) is 62.4 Å². The van der Waals surface area contributed by atoms with Crippen LogP contribution >= 0.6 is 0 Å². The zero-order chi connectivity index (χ0) is 17.1. The van der Waals surface area contributed by atoms with Gasteiger partial charge < -0.3 is 9.80 Å². The molecule has 0 bridgehead atoms. The summed E-state index contributed by atoms with van der Waals surface area (Å²) in [5, 5.41) is 12.8. The van der Waals surface area contributed by atoms with E-state index in [1.54, 1.807) is 4.90 Å². The minimum absolute atomic E-state index is 0.411. The van der Waals surface area contributed by atoms with Crippen LogP contribution in [0.1, 0.15) is 56.9 Å². The lowest BCUT2D eigenvalue weighted by molar-refractivity contribution is -0.933. The molecule has 6 nitrogen and oxygen atoms in total. The highest BCUT2D eigenvalue weighted by atomic mass is 15.6. The Morgan fingerprint density at radius 3 is 2.52 bits per heavy atom. The van der Waals surface area contributed by atoms with E-state index < -0.39 is 0 Å². The first-order chi connectivity index (χ1) is 12.4. The molecule has 2 heterocycles. The van der Waals surface area contributed by atoms with Crippen LogP contribution in [0.5, 0.6) is 0 Å². The molecule has 1 aliphatic carbocycles. The molecule has 1 saturated carbocycles. The number of nitrogens with zero attached hydrogens (tertiary/aromatic N) is 5. The number of nitrogens with one attached hydrogen (secondary N) is 1. The van der Waals surface area contributed by atoms with E-state index in [-0.39, 0.29) is 0 Å². The summed E-state index contributed by atoms with van der Waals surface area (Å²) in [5.74, 6) is 1.11. The molecule has 134 valence electrons. The van der Waals surface area contributed by atoms with Gasteiger partial charge in [0.25, 0.3) is 0 Å². The Hall–Kier alpha value is -1.95. The van der Waals surface area contributed by atoms with Gasteiger partial charge in [0, 0.05) is 12.1 Å². The molecule has 2 aromatic rings. The normalized spacial score (nSPS) is 20.9. The van der Waals surface area contributed by atoms with Crippen molar-refractivity contribution in [1.29, 1.82) is 0 Å². The first-order valence-electron chi connectivity index (χ1n) is 9.79. The van der Waals surface area contributed by atoms with Gasteiger partial charge in [-0.2, -0.15) is 0 Å². The molecule has 2 aliphatic rings. The molecule has 0 spiro atoms. The number of piperazine rings is 1. The minimum Gasteiger partial charge on any atom is -0.360 e. The SMILES string of the molecule is CC[C@@H](c1nnnn1C1CCCC1)[NH+]1CCN(c2ccccc2)CC1. The minimum atomic E-state index is 0.411. The molecule has 6 heteroatoms. The van der Waals surface area contributed by atoms with Crippen molar-refractivity contribution >= 4 is 5.69 Å². The summed E-state index contributed by atoms with van der Waals surface area (Å²) in [5.41, 5.74) is 1.34. The lowest BCUT2D eigenvalue weighted by Gasteiger charge is -2.37. The number of anilines is 1. The molecule has 0 amide bonds. The zero-order valence-electron chi connectivity index (χ0n) is 15.1. The van der Waals surface area contributed by atoms with Gasteiger partial charge in [-0.25, -0.2) is 4.68 Å². The third-order valence-corrected chi connectivity index (χ3v) is 5.93. The highest BCUT2D eigenvalue weighted by molar-refractivity contribution is 5.46. The Morgan fingerprint density at radius 2 is 1.84 bits per heavy atom. The standard InChI is InChI=1S/C19H28N6/c1-2-18(19-20-21-22-25(19)17-10-6-7-11-17)24-14-12-23(13-15-24)16-8-4-3-5-9-16/h3-5,8-9,17-18H,2,6-7,10-15H2,1H3/p+1/t18-/m0/s1. The second-order valence-electron chi connectivity index (χ2n) is 7.36. The van der Waals surface area contributed by atoms with Crippen LogP contribution in [0.15, 0.2) is 30.3 Å². The number of benzene rings is 1. The van der Waals surface area contributed by atoms with Crippen LogP contribution in [0, 0.1) is 0 Å². The Labute approximate surface area is 149 Å². The molecule has 1 aliphatic heterocycles. The van der Waals surface area contributed by atoms with Crippen LogP contribution in [0.4, 0.5) is 5.69 Å². The number of hydrogen-bond acceptors (Lipinski definition) is 4. The van der Waals surface area contributed by atoms with Gasteiger partial charge in [0.2, 0.25) is 5.82 Å². The van der Waals surface area contributed by atoms with Gasteiger partial charge in [-0.05, 0) is 35.4 Å². The molecule has 4 rings (SSSR count). The van der Waals surface area contributed by atoms with Crippen molar-refractivity contribution in [2.24, 2.45) is 0 Å². The molecule has 1 aromatic carbocycles. The van der Waals surface area contributed by atoms with Crippen LogP contribution in [0.3, 0.4) is 0 Å². The molecule has 25 heavy (non-hydrogen) atoms. The van der Waals surface area contributed by atoms with Gasteiger partial charge in [0.05, 0.1) is 32.2 Å². The fourth-order valence-electron chi connectivity index (χ4n) is 4.53. The van der Waals surface area contributed by atoms with Crippen molar-refractivity contribution in [2.75, 3.05) is 31.1 Å². The summed E-state index contributed by atoms with van der Waals surface area (Å²) in [6, 6.07) is 11.7. The van der Waals surface area contributed by atoms with Crippen LogP contribution in [0.2, 0.25) is 0 Å². The van der Waals surface area contributed by atoms with Crippen molar-refractivity contribution in [2.45, 2.75) is 51.1 Å². The number of rotatable bonds is 5. The smallest absolute Gasteiger partial charge is 0.209 e. The fraction of sp³-hybridized carbons (Fsp3) is 0.632. The number of quaternary nitrogens is 1. The summed E-state index contributed by atoms with van der Waals surface area (Å²) in [4.78, 5) is 4.12. The summed E-state index contributed by atoms with van der Waals surface area (Å²) >= 11 is 0. The van der Waals surface area contributed by atoms with Gasteiger partial charge in [-0.3, -0.25) is 0 Å². The van der Waals surface area contributed by atoms with Crippen molar-refractivity contribution in [3.8, 4) is 0 Å². The van der Waals surface area contributed by atoms with E-state index in [9.17, 15) is 0 Å². The van der Waals surface area contributed by atoms with Crippen molar-refractivity contribution < 1.29 is 4.90 Å². The van der Waals surface area contributed by atoms with Gasteiger partial charge in [0.15, 0.2) is 0 Å². The van der Waals surface area contributed by atoms with Gasteiger partial charge in [-0.1, -0.05) is 38.0 Å². The second kappa shape index (κ2) is 7.52. The Balaban J connectivity index is 1.45. The Bertz CT molecular complexity index is 656. The molecular formula is C19H29N6+. The van der Waals surface area contributed by atoms with E-state index in [0.29, 0.717) is 12.1 Å². The molecule has 1 N–H and O–H groups in total. The van der Waals surface area contributed by atoms with Crippen LogP contribution in [-0.2, 0) is 0 Å². The average Bonchev–Trinajstić information content (AvgIpc) is 3.35. The summed E-state index contributed by atoms with van der Waals surface area (Å²) in [6.07, 6.45) is 6.16. The first kappa shape index (κ1) is 16.5. The second-order valence-corrected chi connectivity index (χ2v) is 7.36. The van der Waals surface area contributed by atoms with Gasteiger partial charge >= 0.3 is 0 Å². The maximum atomic E-state index is 4.45. The van der Waals surface area contributed by atoms with Crippen molar-refractivity contribution in [1.82, 2.24) is 20.2 Å². The maximum absolute atomic E-state index is 4.45. The predicted octanol–water partition coefficient (Wildman–Crippen LogP) is 1.64. The van der Waals surface area contributed by atoms with Crippen LogP contribution < -0.4 is 9.80 Å². The topological polar surface area (TPSA) is 51.3 Å². The molecule has 1 saturated heterocycles. The maximum Gasteiger partial charge on any atom is 0.209 e. The lowest BCUT2D eigenvalue weighted by atomic mass is 10.1. The van der Waals surface area contributed by atoms with Crippen LogP contribution in [-0.4, -0.2) is 46.4 Å². The molecule has 0 radical (unpaired) electrons. The molecule has 2 fully saturated rings. The van der Waals surface area contributed by atoms with Crippen molar-refractivity contribution in [3.05, 3.63) is 36.2 Å². The largest absolute Gasteiger partial charge is 0.360 e. The number of para-hydroxylation sites is 1. The van der Waals surface area contributed by atoms with Gasteiger partial charge in [-0.15, -0.1) is 5.10 Å². The van der Waals surface area contributed by atoms with E-state index in [1.807, 2.05) is 0 Å². The summed E-state index contributed by atoms with van der Waals surface area (Å²) < 4.78 is 2.15. The average molecular weight is 341 g/mol. The summed E-state index contributed by atoms with van der Waals surface area (Å²) in [7, 11) is 0. The molecule has 1 atom stereocenters. The van der Waals surface area contributed by atoms with Crippen LogP contribution in [0.25, 0.3) is 0 Å². The molecular weight excluding hydrogens is 312 g/mol. The quantitative estimate of drug-likeness (QED) is 0.898.